The Morgan fingerprint density at radius 1 is 1.38 bits per heavy atom. The topological polar surface area (TPSA) is 78.9 Å². The van der Waals surface area contributed by atoms with Crippen molar-refractivity contribution in [2.24, 2.45) is 5.73 Å². The second-order valence-corrected chi connectivity index (χ2v) is 4.98. The van der Waals surface area contributed by atoms with Gasteiger partial charge in [-0.2, -0.15) is 5.26 Å². The zero-order valence-corrected chi connectivity index (χ0v) is 11.6. The van der Waals surface area contributed by atoms with Gasteiger partial charge in [-0.25, -0.2) is 4.39 Å². The van der Waals surface area contributed by atoms with Crippen molar-refractivity contribution in [1.82, 2.24) is 0 Å². The van der Waals surface area contributed by atoms with Crippen molar-refractivity contribution in [3.05, 3.63) is 51.5 Å². The van der Waals surface area contributed by atoms with Crippen molar-refractivity contribution >= 4 is 22.9 Å². The molecule has 6 heteroatoms. The van der Waals surface area contributed by atoms with Gasteiger partial charge in [0.1, 0.15) is 17.4 Å². The molecule has 4 nitrogen and oxygen atoms in total. The minimum atomic E-state index is -0.670. The molecule has 1 aromatic carbocycles. The second kappa shape index (κ2) is 6.67. The monoisotopic (exact) mass is 299 g/mol. The number of anilines is 1. The number of benzene rings is 1. The van der Waals surface area contributed by atoms with Gasteiger partial charge in [0.2, 0.25) is 0 Å². The average molecular weight is 299 g/mol. The van der Waals surface area contributed by atoms with Crippen LogP contribution in [0.1, 0.15) is 20.1 Å². The van der Waals surface area contributed by atoms with Gasteiger partial charge in [0.15, 0.2) is 0 Å². The zero-order chi connectivity index (χ0) is 15.2. The number of carbonyl (C=O) groups excluding carboxylic acids is 1. The highest BCUT2D eigenvalue weighted by molar-refractivity contribution is 7.14. The molecule has 0 saturated heterocycles. The fourth-order valence-electron chi connectivity index (χ4n) is 1.59. The number of nitrogens with two attached hydrogens (primary N) is 1. The van der Waals surface area contributed by atoms with Crippen LogP contribution in [-0.4, -0.2) is 12.5 Å². The SMILES string of the molecule is N#Cc1c(F)cccc1NC(=O)c1ccc(C#CCN)s1. The highest BCUT2D eigenvalue weighted by atomic mass is 32.1. The van der Waals surface area contributed by atoms with Crippen LogP contribution in [0, 0.1) is 29.0 Å². The lowest BCUT2D eigenvalue weighted by molar-refractivity contribution is 0.103. The van der Waals surface area contributed by atoms with Gasteiger partial charge in [0.25, 0.3) is 5.91 Å². The summed E-state index contributed by atoms with van der Waals surface area (Å²) >= 11 is 1.20. The molecule has 0 aliphatic carbocycles. The number of rotatable bonds is 2. The van der Waals surface area contributed by atoms with Crippen LogP contribution in [0.5, 0.6) is 0 Å². The highest BCUT2D eigenvalue weighted by Gasteiger charge is 2.13. The van der Waals surface area contributed by atoms with Crippen molar-refractivity contribution in [1.29, 1.82) is 5.26 Å². The van der Waals surface area contributed by atoms with Crippen LogP contribution in [0.25, 0.3) is 0 Å². The number of hydrogen-bond acceptors (Lipinski definition) is 4. The van der Waals surface area contributed by atoms with E-state index in [1.807, 2.05) is 0 Å². The van der Waals surface area contributed by atoms with Crippen LogP contribution in [0.2, 0.25) is 0 Å². The summed E-state index contributed by atoms with van der Waals surface area (Å²) in [6, 6.07) is 9.13. The summed E-state index contributed by atoms with van der Waals surface area (Å²) in [7, 11) is 0. The molecule has 0 fully saturated rings. The average Bonchev–Trinajstić information content (AvgIpc) is 2.94. The third kappa shape index (κ3) is 3.46. The zero-order valence-electron chi connectivity index (χ0n) is 10.8. The number of nitrogens with zero attached hydrogens (tertiary/aromatic N) is 1. The number of nitrogens with one attached hydrogen (secondary N) is 1. The number of amides is 1. The predicted octanol–water partition coefficient (Wildman–Crippen LogP) is 2.32. The van der Waals surface area contributed by atoms with Crippen molar-refractivity contribution in [3.8, 4) is 17.9 Å². The Morgan fingerprint density at radius 3 is 2.90 bits per heavy atom. The molecule has 1 aromatic heterocycles. The van der Waals surface area contributed by atoms with E-state index in [0.717, 1.165) is 0 Å². The molecule has 0 spiro atoms. The molecule has 1 heterocycles. The molecule has 0 unspecified atom stereocenters. The summed E-state index contributed by atoms with van der Waals surface area (Å²) in [6.07, 6.45) is 0. The van der Waals surface area contributed by atoms with Gasteiger partial charge in [-0.1, -0.05) is 17.9 Å². The van der Waals surface area contributed by atoms with E-state index in [9.17, 15) is 9.18 Å². The number of thiophene rings is 1. The van der Waals surface area contributed by atoms with E-state index in [4.69, 9.17) is 11.0 Å². The maximum Gasteiger partial charge on any atom is 0.265 e. The molecule has 21 heavy (non-hydrogen) atoms. The minimum Gasteiger partial charge on any atom is -0.320 e. The molecule has 0 radical (unpaired) electrons. The van der Waals surface area contributed by atoms with Gasteiger partial charge in [0.05, 0.1) is 22.0 Å². The summed E-state index contributed by atoms with van der Waals surface area (Å²) in [5, 5.41) is 11.4. The fraction of sp³-hybridized carbons (Fsp3) is 0.0667. The molecular formula is C15H10FN3OS. The molecule has 1 amide bonds. The highest BCUT2D eigenvalue weighted by Crippen LogP contribution is 2.21. The third-order valence-corrected chi connectivity index (χ3v) is 3.52. The number of carbonyl (C=O) groups is 1. The van der Waals surface area contributed by atoms with E-state index in [2.05, 4.69) is 17.2 Å². The van der Waals surface area contributed by atoms with E-state index in [-0.39, 0.29) is 17.8 Å². The molecule has 3 N–H and O–H groups in total. The minimum absolute atomic E-state index is 0.144. The molecule has 104 valence electrons. The Kier molecular flexibility index (Phi) is 4.68. The van der Waals surface area contributed by atoms with E-state index < -0.39 is 11.7 Å². The quantitative estimate of drug-likeness (QED) is 0.835. The summed E-state index contributed by atoms with van der Waals surface area (Å²) in [5.41, 5.74) is 5.23. The molecule has 0 saturated carbocycles. The number of hydrogen-bond donors (Lipinski definition) is 2. The molecule has 0 aliphatic heterocycles. The molecule has 0 atom stereocenters. The van der Waals surface area contributed by atoms with E-state index in [1.54, 1.807) is 18.2 Å². The normalized spacial score (nSPS) is 9.38. The van der Waals surface area contributed by atoms with Crippen LogP contribution in [0.4, 0.5) is 10.1 Å². The Labute approximate surface area is 125 Å². The predicted molar refractivity (Wildman–Crippen MR) is 79.3 cm³/mol. The smallest absolute Gasteiger partial charge is 0.265 e. The summed E-state index contributed by atoms with van der Waals surface area (Å²) < 4.78 is 13.4. The Hall–Kier alpha value is -2.67. The standard InChI is InChI=1S/C15H10FN3OS/c16-12-4-1-5-13(11(12)9-18)19-15(20)14-7-6-10(21-14)3-2-8-17/h1,4-7H,8,17H2,(H,19,20). The van der Waals surface area contributed by atoms with Crippen LogP contribution in [-0.2, 0) is 0 Å². The lowest BCUT2D eigenvalue weighted by Crippen LogP contribution is -2.11. The maximum atomic E-state index is 13.4. The first-order chi connectivity index (χ1) is 10.2. The first-order valence-electron chi connectivity index (χ1n) is 5.94. The summed E-state index contributed by atoms with van der Waals surface area (Å²) in [6.45, 7) is 0.244. The van der Waals surface area contributed by atoms with E-state index >= 15 is 0 Å². The molecule has 0 aliphatic rings. The lowest BCUT2D eigenvalue weighted by atomic mass is 10.2. The summed E-state index contributed by atoms with van der Waals surface area (Å²) in [5.74, 6) is 4.44. The molecular weight excluding hydrogens is 289 g/mol. The Balaban J connectivity index is 2.21. The first kappa shape index (κ1) is 14.7. The lowest BCUT2D eigenvalue weighted by Gasteiger charge is -2.05. The van der Waals surface area contributed by atoms with Crippen molar-refractivity contribution in [2.45, 2.75) is 0 Å². The van der Waals surface area contributed by atoms with Crippen LogP contribution < -0.4 is 11.1 Å². The van der Waals surface area contributed by atoms with Crippen molar-refractivity contribution < 1.29 is 9.18 Å². The van der Waals surface area contributed by atoms with Gasteiger partial charge < -0.3 is 11.1 Å². The van der Waals surface area contributed by atoms with Gasteiger partial charge in [0, 0.05) is 0 Å². The Morgan fingerprint density at radius 2 is 2.19 bits per heavy atom. The Bertz CT molecular complexity index is 780. The van der Waals surface area contributed by atoms with E-state index in [1.165, 1.54) is 29.5 Å². The van der Waals surface area contributed by atoms with Gasteiger partial charge in [-0.3, -0.25) is 4.79 Å². The maximum absolute atomic E-state index is 13.4. The van der Waals surface area contributed by atoms with Gasteiger partial charge in [-0.05, 0) is 24.3 Å². The molecule has 2 rings (SSSR count). The van der Waals surface area contributed by atoms with Gasteiger partial charge >= 0.3 is 0 Å². The number of nitriles is 1. The number of halogens is 1. The summed E-state index contributed by atoms with van der Waals surface area (Å²) in [4.78, 5) is 13.2. The van der Waals surface area contributed by atoms with Crippen molar-refractivity contribution in [3.63, 3.8) is 0 Å². The van der Waals surface area contributed by atoms with Gasteiger partial charge in [-0.15, -0.1) is 11.3 Å². The third-order valence-electron chi connectivity index (χ3n) is 2.52. The fourth-order valence-corrected chi connectivity index (χ4v) is 2.37. The van der Waals surface area contributed by atoms with Crippen LogP contribution in [0.15, 0.2) is 30.3 Å². The van der Waals surface area contributed by atoms with E-state index in [0.29, 0.717) is 9.75 Å². The second-order valence-electron chi connectivity index (χ2n) is 3.90. The molecule has 0 bridgehead atoms. The first-order valence-corrected chi connectivity index (χ1v) is 6.76. The van der Waals surface area contributed by atoms with Crippen LogP contribution in [0.3, 0.4) is 0 Å². The molecule has 2 aromatic rings. The largest absolute Gasteiger partial charge is 0.320 e. The van der Waals surface area contributed by atoms with Crippen molar-refractivity contribution in [2.75, 3.05) is 11.9 Å². The van der Waals surface area contributed by atoms with Crippen LogP contribution >= 0.6 is 11.3 Å².